The van der Waals surface area contributed by atoms with E-state index in [4.69, 9.17) is 0 Å². The topological polar surface area (TPSA) is 121 Å². The minimum absolute atomic E-state index is 0.0188. The Morgan fingerprint density at radius 1 is 1.13 bits per heavy atom. The quantitative estimate of drug-likeness (QED) is 0.277. The van der Waals surface area contributed by atoms with Gasteiger partial charge in [-0.25, -0.2) is 13.4 Å². The maximum Gasteiger partial charge on any atom is 0.452 e. The molecule has 3 aromatic heterocycles. The fourth-order valence-corrected chi connectivity index (χ4v) is 8.48. The fourth-order valence-electron chi connectivity index (χ4n) is 6.79. The average Bonchev–Trinajstić information content (AvgIpc) is 3.42. The Morgan fingerprint density at radius 2 is 1.91 bits per heavy atom. The molecule has 6 rings (SSSR count). The van der Waals surface area contributed by atoms with Crippen molar-refractivity contribution < 1.29 is 31.5 Å². The fraction of sp³-hybridized carbons (Fsp3) is 0.438. The lowest BCUT2D eigenvalue weighted by atomic mass is 9.84. The average molecular weight is 657 g/mol. The molecule has 5 heterocycles. The summed E-state index contributed by atoms with van der Waals surface area (Å²) in [6.45, 7) is 6.53. The van der Waals surface area contributed by atoms with Crippen LogP contribution in [0.1, 0.15) is 77.7 Å². The molecule has 4 aromatic rings. The molecule has 46 heavy (non-hydrogen) atoms. The van der Waals surface area contributed by atoms with E-state index in [2.05, 4.69) is 20.1 Å². The lowest BCUT2D eigenvalue weighted by molar-refractivity contribution is -0.145. The van der Waals surface area contributed by atoms with Crippen LogP contribution in [-0.4, -0.2) is 62.5 Å². The summed E-state index contributed by atoms with van der Waals surface area (Å²) in [5.74, 6) is -2.49. The summed E-state index contributed by atoms with van der Waals surface area (Å²) in [5.41, 5.74) is 3.91. The third-order valence-electron chi connectivity index (χ3n) is 9.10. The molecule has 0 spiro atoms. The van der Waals surface area contributed by atoms with Crippen molar-refractivity contribution in [1.82, 2.24) is 23.9 Å². The number of piperidine rings is 1. The van der Waals surface area contributed by atoms with Crippen LogP contribution in [0.3, 0.4) is 0 Å². The van der Waals surface area contributed by atoms with E-state index < -0.39 is 33.9 Å². The largest absolute Gasteiger partial charge is 0.481 e. The maximum atomic E-state index is 14.2. The van der Waals surface area contributed by atoms with Gasteiger partial charge in [0.15, 0.2) is 5.65 Å². The third kappa shape index (κ3) is 5.72. The smallest absolute Gasteiger partial charge is 0.452 e. The molecule has 0 radical (unpaired) electrons. The van der Waals surface area contributed by atoms with Crippen LogP contribution in [-0.2, 0) is 34.0 Å². The number of benzene rings is 1. The van der Waals surface area contributed by atoms with Crippen LogP contribution in [0.2, 0.25) is 0 Å². The molecule has 0 saturated carbocycles. The number of carbonyl (C=O) groups is 1. The van der Waals surface area contributed by atoms with E-state index in [-0.39, 0.29) is 36.1 Å². The highest BCUT2D eigenvalue weighted by Crippen LogP contribution is 2.38. The van der Waals surface area contributed by atoms with Gasteiger partial charge in [-0.3, -0.25) is 9.20 Å². The highest BCUT2D eigenvalue weighted by molar-refractivity contribution is 7.89. The predicted molar refractivity (Wildman–Crippen MR) is 164 cm³/mol. The standard InChI is InChI=1S/C32H35F3N6O4S/c1-4-24-25(10-12-41-29(24)37-38-31(41)32(33,34)35)26(15-28(42)43)21-9-8-20(3)22(14-21)17-39-18-23-7-5-6-11-40(23)30-27(46(39,44)45)13-19(2)16-36-30/h8-10,12-14,16,23,26H,4-7,11,15,17-18H2,1-3H3,(H,42,43)/t23-,26+/m1/s1. The summed E-state index contributed by atoms with van der Waals surface area (Å²) in [5, 5.41) is 17.1. The van der Waals surface area contributed by atoms with Crippen LogP contribution in [0.25, 0.3) is 5.65 Å². The lowest BCUT2D eigenvalue weighted by Gasteiger charge is -2.36. The monoisotopic (exact) mass is 656 g/mol. The molecular formula is C32H35F3N6O4S. The maximum absolute atomic E-state index is 14.2. The number of carboxylic acid groups (broad SMARTS) is 1. The summed E-state index contributed by atoms with van der Waals surface area (Å²) in [4.78, 5) is 19.0. The number of hydrogen-bond acceptors (Lipinski definition) is 7. The van der Waals surface area contributed by atoms with Crippen LogP contribution in [0, 0.1) is 13.8 Å². The number of aliphatic carboxylic acids is 1. The Labute approximate surface area is 264 Å². The molecule has 2 atom stereocenters. The van der Waals surface area contributed by atoms with Gasteiger partial charge in [0.05, 0.1) is 6.42 Å². The summed E-state index contributed by atoms with van der Waals surface area (Å²) >= 11 is 0. The first-order chi connectivity index (χ1) is 21.8. The normalized spacial score (nSPS) is 19.0. The van der Waals surface area contributed by atoms with Gasteiger partial charge in [0.2, 0.25) is 15.8 Å². The molecule has 2 aliphatic rings. The van der Waals surface area contributed by atoms with Gasteiger partial charge in [0, 0.05) is 49.6 Å². The van der Waals surface area contributed by atoms with Crippen LogP contribution < -0.4 is 4.90 Å². The first-order valence-electron chi connectivity index (χ1n) is 15.3. The first kappa shape index (κ1) is 31.9. The number of rotatable bonds is 7. The molecular weight excluding hydrogens is 621 g/mol. The van der Waals surface area contributed by atoms with E-state index in [1.807, 2.05) is 26.0 Å². The van der Waals surface area contributed by atoms with Crippen molar-refractivity contribution in [2.75, 3.05) is 18.0 Å². The number of pyridine rings is 2. The van der Waals surface area contributed by atoms with Crippen molar-refractivity contribution >= 4 is 27.5 Å². The number of aromatic nitrogens is 4. The van der Waals surface area contributed by atoms with Gasteiger partial charge in [-0.05, 0) is 79.5 Å². The van der Waals surface area contributed by atoms with Crippen LogP contribution >= 0.6 is 0 Å². The summed E-state index contributed by atoms with van der Waals surface area (Å²) < 4.78 is 71.5. The van der Waals surface area contributed by atoms with Gasteiger partial charge in [-0.15, -0.1) is 10.2 Å². The highest BCUT2D eigenvalue weighted by Gasteiger charge is 2.40. The Hall–Kier alpha value is -4.04. The van der Waals surface area contributed by atoms with Crippen LogP contribution in [0.5, 0.6) is 0 Å². The zero-order valence-corrected chi connectivity index (χ0v) is 26.6. The van der Waals surface area contributed by atoms with Gasteiger partial charge in [0.1, 0.15) is 10.7 Å². The van der Waals surface area contributed by atoms with Crippen molar-refractivity contribution in [1.29, 1.82) is 0 Å². The summed E-state index contributed by atoms with van der Waals surface area (Å²) in [7, 11) is -3.94. The zero-order valence-electron chi connectivity index (χ0n) is 25.8. The molecule has 0 aliphatic carbocycles. The highest BCUT2D eigenvalue weighted by atomic mass is 32.2. The summed E-state index contributed by atoms with van der Waals surface area (Å²) in [6, 6.07) is 8.59. The number of nitrogens with zero attached hydrogens (tertiary/aromatic N) is 6. The number of sulfonamides is 1. The molecule has 1 saturated heterocycles. The van der Waals surface area contributed by atoms with E-state index in [9.17, 15) is 31.5 Å². The third-order valence-corrected chi connectivity index (χ3v) is 10.9. The summed E-state index contributed by atoms with van der Waals surface area (Å²) in [6.07, 6.45) is 0.945. The molecule has 0 unspecified atom stereocenters. The number of carboxylic acids is 1. The van der Waals surface area contributed by atoms with Crippen molar-refractivity contribution in [2.45, 2.75) is 82.5 Å². The molecule has 1 aromatic carbocycles. The van der Waals surface area contributed by atoms with Crippen molar-refractivity contribution in [2.24, 2.45) is 0 Å². The number of halogens is 3. The van der Waals surface area contributed by atoms with Gasteiger partial charge >= 0.3 is 12.1 Å². The van der Waals surface area contributed by atoms with Crippen molar-refractivity contribution in [3.05, 3.63) is 81.9 Å². The molecule has 2 aliphatic heterocycles. The minimum atomic E-state index is -4.71. The van der Waals surface area contributed by atoms with E-state index in [0.717, 1.165) is 41.3 Å². The first-order valence-corrected chi connectivity index (χ1v) is 16.7. The number of aryl methyl sites for hydroxylation is 3. The van der Waals surface area contributed by atoms with Crippen LogP contribution in [0.15, 0.2) is 47.6 Å². The van der Waals surface area contributed by atoms with E-state index >= 15 is 0 Å². The lowest BCUT2D eigenvalue weighted by Crippen LogP contribution is -2.45. The van der Waals surface area contributed by atoms with E-state index in [1.165, 1.54) is 16.6 Å². The van der Waals surface area contributed by atoms with E-state index in [1.54, 1.807) is 25.3 Å². The van der Waals surface area contributed by atoms with Gasteiger partial charge in [-0.1, -0.05) is 25.1 Å². The second-order valence-electron chi connectivity index (χ2n) is 12.1. The zero-order chi connectivity index (χ0) is 33.0. The second-order valence-corrected chi connectivity index (χ2v) is 14.0. The van der Waals surface area contributed by atoms with Gasteiger partial charge in [0.25, 0.3) is 0 Å². The Bertz CT molecular complexity index is 1930. The van der Waals surface area contributed by atoms with Crippen LogP contribution in [0.4, 0.5) is 19.0 Å². The number of hydrogen-bond donors (Lipinski definition) is 1. The number of fused-ring (bicyclic) bond motifs is 4. The Morgan fingerprint density at radius 3 is 2.63 bits per heavy atom. The second kappa shape index (κ2) is 12.0. The SMILES string of the molecule is CCc1c([C@@H](CC(=O)O)c2ccc(C)c(CN3C[C@H]4CCCCN4c4ncc(C)cc4S3(=O)=O)c2)ccn2c(C(F)(F)F)nnc12. The molecule has 244 valence electrons. The van der Waals surface area contributed by atoms with Gasteiger partial charge in [-0.2, -0.15) is 17.5 Å². The molecule has 1 fully saturated rings. The van der Waals surface area contributed by atoms with E-state index in [0.29, 0.717) is 34.5 Å². The molecule has 14 heteroatoms. The van der Waals surface area contributed by atoms with Gasteiger partial charge < -0.3 is 10.0 Å². The molecule has 1 N–H and O–H groups in total. The molecule has 10 nitrogen and oxygen atoms in total. The van der Waals surface area contributed by atoms with Crippen molar-refractivity contribution in [3.8, 4) is 0 Å². The minimum Gasteiger partial charge on any atom is -0.481 e. The van der Waals surface area contributed by atoms with Crippen molar-refractivity contribution in [3.63, 3.8) is 0 Å². The predicted octanol–water partition coefficient (Wildman–Crippen LogP) is 5.49. The number of anilines is 1. The molecule has 0 amide bonds. The number of alkyl halides is 3. The Kier molecular flexibility index (Phi) is 8.30. The molecule has 0 bridgehead atoms. The Balaban J connectivity index is 1.42.